The van der Waals surface area contributed by atoms with Gasteiger partial charge in [0.15, 0.2) is 0 Å². The van der Waals surface area contributed by atoms with Crippen molar-refractivity contribution in [2.75, 3.05) is 19.7 Å². The monoisotopic (exact) mass is 365 g/mol. The van der Waals surface area contributed by atoms with E-state index in [1.165, 1.54) is 32.1 Å². The summed E-state index contributed by atoms with van der Waals surface area (Å²) in [6.45, 7) is 7.92. The van der Waals surface area contributed by atoms with Crippen LogP contribution in [0.15, 0.2) is 0 Å². The largest absolute Gasteiger partial charge is 0.444 e. The van der Waals surface area contributed by atoms with E-state index in [-0.39, 0.29) is 16.9 Å². The van der Waals surface area contributed by atoms with Gasteiger partial charge in [-0.2, -0.15) is 0 Å². The number of ether oxygens (including phenoxy) is 1. The van der Waals surface area contributed by atoms with Gasteiger partial charge >= 0.3 is 6.09 Å². The third-order valence-electron chi connectivity index (χ3n) is 7.27. The zero-order valence-corrected chi connectivity index (χ0v) is 17.2. The summed E-state index contributed by atoms with van der Waals surface area (Å²) in [5.41, 5.74) is -0.00486. The van der Waals surface area contributed by atoms with Crippen LogP contribution in [-0.4, -0.2) is 41.4 Å². The van der Waals surface area contributed by atoms with E-state index in [9.17, 15) is 9.90 Å². The first-order valence-corrected chi connectivity index (χ1v) is 10.8. The van der Waals surface area contributed by atoms with Crippen LogP contribution < -0.4 is 0 Å². The molecule has 0 spiro atoms. The number of hydrogen-bond donors (Lipinski definition) is 1. The van der Waals surface area contributed by atoms with E-state index in [2.05, 4.69) is 4.90 Å². The van der Waals surface area contributed by atoms with Crippen LogP contribution in [0.2, 0.25) is 0 Å². The zero-order valence-electron chi connectivity index (χ0n) is 17.2. The van der Waals surface area contributed by atoms with E-state index >= 15 is 0 Å². The quantitative estimate of drug-likeness (QED) is 0.734. The highest BCUT2D eigenvalue weighted by Crippen LogP contribution is 2.57. The summed E-state index contributed by atoms with van der Waals surface area (Å²) in [4.78, 5) is 15.0. The molecule has 1 N–H and O–H groups in total. The van der Waals surface area contributed by atoms with Gasteiger partial charge in [-0.05, 0) is 88.9 Å². The third-order valence-corrected chi connectivity index (χ3v) is 7.27. The van der Waals surface area contributed by atoms with Crippen LogP contribution >= 0.6 is 0 Å². The lowest BCUT2D eigenvalue weighted by molar-refractivity contribution is -0.0611. The SMILES string of the molecule is CC(C)(C)OC(=O)N(CC1CCCCC1)CC12CCC(CO)(CC1)CC2. The molecule has 0 aromatic carbocycles. The van der Waals surface area contributed by atoms with E-state index in [1.54, 1.807) is 0 Å². The molecule has 4 nitrogen and oxygen atoms in total. The lowest BCUT2D eigenvalue weighted by atomic mass is 9.54. The van der Waals surface area contributed by atoms with E-state index in [1.807, 2.05) is 20.8 Å². The minimum atomic E-state index is -0.440. The van der Waals surface area contributed by atoms with Crippen LogP contribution in [0.5, 0.6) is 0 Å². The van der Waals surface area contributed by atoms with Crippen LogP contribution in [-0.2, 0) is 4.74 Å². The molecule has 4 aliphatic carbocycles. The normalized spacial score (nSPS) is 32.5. The van der Waals surface area contributed by atoms with E-state index in [0.717, 1.165) is 51.6 Å². The molecular formula is C22H39NO3. The van der Waals surface area contributed by atoms with E-state index in [4.69, 9.17) is 4.74 Å². The van der Waals surface area contributed by atoms with Gasteiger partial charge in [0, 0.05) is 19.7 Å². The minimum Gasteiger partial charge on any atom is -0.444 e. The molecule has 0 aromatic heterocycles. The molecule has 150 valence electrons. The van der Waals surface area contributed by atoms with Gasteiger partial charge in [0.05, 0.1) is 0 Å². The Morgan fingerprint density at radius 2 is 1.54 bits per heavy atom. The van der Waals surface area contributed by atoms with Crippen molar-refractivity contribution in [3.05, 3.63) is 0 Å². The Balaban J connectivity index is 1.67. The Morgan fingerprint density at radius 3 is 2.04 bits per heavy atom. The van der Waals surface area contributed by atoms with Crippen molar-refractivity contribution in [1.29, 1.82) is 0 Å². The predicted octanol–water partition coefficient (Wildman–Crippen LogP) is 5.14. The highest BCUT2D eigenvalue weighted by Gasteiger charge is 2.49. The fourth-order valence-electron chi connectivity index (χ4n) is 5.43. The van der Waals surface area contributed by atoms with Crippen molar-refractivity contribution < 1.29 is 14.6 Å². The van der Waals surface area contributed by atoms with Crippen molar-refractivity contribution >= 4 is 6.09 Å². The second-order valence-electron chi connectivity index (χ2n) is 10.5. The standard InChI is InChI=1S/C22H39NO3/c1-20(2,3)26-19(25)23(15-18-7-5-4-6-8-18)16-21-9-12-22(17-24,13-10-21)14-11-21/h18,24H,4-17H2,1-3H3. The molecular weight excluding hydrogens is 326 g/mol. The second-order valence-corrected chi connectivity index (χ2v) is 10.5. The lowest BCUT2D eigenvalue weighted by Gasteiger charge is -2.54. The topological polar surface area (TPSA) is 49.8 Å². The summed E-state index contributed by atoms with van der Waals surface area (Å²) in [7, 11) is 0. The van der Waals surface area contributed by atoms with Crippen LogP contribution in [0.3, 0.4) is 0 Å². The summed E-state index contributed by atoms with van der Waals surface area (Å²) < 4.78 is 5.77. The average Bonchev–Trinajstić information content (AvgIpc) is 2.62. The highest BCUT2D eigenvalue weighted by molar-refractivity contribution is 5.68. The summed E-state index contributed by atoms with van der Waals surface area (Å²) in [5.74, 6) is 0.636. The molecule has 0 radical (unpaired) electrons. The molecule has 2 bridgehead atoms. The van der Waals surface area contributed by atoms with Crippen LogP contribution in [0.25, 0.3) is 0 Å². The molecule has 1 amide bonds. The van der Waals surface area contributed by atoms with E-state index < -0.39 is 5.60 Å². The third kappa shape index (κ3) is 4.74. The Bertz CT molecular complexity index is 466. The first kappa shape index (κ1) is 20.0. The summed E-state index contributed by atoms with van der Waals surface area (Å²) in [6, 6.07) is 0. The molecule has 0 aliphatic heterocycles. The predicted molar refractivity (Wildman–Crippen MR) is 104 cm³/mol. The number of aliphatic hydroxyl groups is 1. The van der Waals surface area contributed by atoms with Crippen molar-refractivity contribution in [3.8, 4) is 0 Å². The first-order valence-electron chi connectivity index (χ1n) is 10.8. The maximum atomic E-state index is 13.0. The Labute approximate surface area is 159 Å². The van der Waals surface area contributed by atoms with Crippen LogP contribution in [0, 0.1) is 16.7 Å². The fourth-order valence-corrected chi connectivity index (χ4v) is 5.43. The first-order chi connectivity index (χ1) is 12.2. The fraction of sp³-hybridized carbons (Fsp3) is 0.955. The smallest absolute Gasteiger partial charge is 0.410 e. The number of aliphatic hydroxyl groups excluding tert-OH is 1. The van der Waals surface area contributed by atoms with Gasteiger partial charge in [0.2, 0.25) is 0 Å². The van der Waals surface area contributed by atoms with Crippen molar-refractivity contribution in [1.82, 2.24) is 4.90 Å². The maximum absolute atomic E-state index is 13.0. The van der Waals surface area contributed by atoms with Gasteiger partial charge in [0.25, 0.3) is 0 Å². The van der Waals surface area contributed by atoms with Gasteiger partial charge in [0.1, 0.15) is 5.60 Å². The second kappa shape index (κ2) is 7.69. The summed E-state index contributed by atoms with van der Waals surface area (Å²) >= 11 is 0. The Kier molecular flexibility index (Phi) is 5.91. The number of carbonyl (C=O) groups is 1. The Morgan fingerprint density at radius 1 is 1.00 bits per heavy atom. The van der Waals surface area contributed by atoms with Crippen LogP contribution in [0.4, 0.5) is 4.79 Å². The molecule has 0 atom stereocenters. The number of fused-ring (bicyclic) bond motifs is 3. The molecule has 4 heteroatoms. The zero-order chi connectivity index (χ0) is 18.8. The molecule has 4 fully saturated rings. The van der Waals surface area contributed by atoms with Gasteiger partial charge < -0.3 is 14.7 Å². The number of rotatable bonds is 5. The maximum Gasteiger partial charge on any atom is 0.410 e. The van der Waals surface area contributed by atoms with Crippen molar-refractivity contribution in [2.45, 2.75) is 97.0 Å². The van der Waals surface area contributed by atoms with E-state index in [0.29, 0.717) is 12.5 Å². The summed E-state index contributed by atoms with van der Waals surface area (Å²) in [6.07, 6.45) is 13.1. The number of amides is 1. The van der Waals surface area contributed by atoms with Crippen molar-refractivity contribution in [2.24, 2.45) is 16.7 Å². The number of carbonyl (C=O) groups excluding carboxylic acids is 1. The summed E-state index contributed by atoms with van der Waals surface area (Å²) in [5, 5.41) is 9.78. The molecule has 4 saturated carbocycles. The molecule has 4 rings (SSSR count). The van der Waals surface area contributed by atoms with Crippen molar-refractivity contribution in [3.63, 3.8) is 0 Å². The molecule has 4 aliphatic rings. The molecule has 0 saturated heterocycles. The molecule has 0 unspecified atom stereocenters. The van der Waals surface area contributed by atoms with Gasteiger partial charge in [-0.25, -0.2) is 4.79 Å². The minimum absolute atomic E-state index is 0.123. The number of nitrogens with zero attached hydrogens (tertiary/aromatic N) is 1. The molecule has 26 heavy (non-hydrogen) atoms. The Hall–Kier alpha value is -0.770. The molecule has 0 heterocycles. The van der Waals surface area contributed by atoms with Gasteiger partial charge in [-0.3, -0.25) is 0 Å². The average molecular weight is 366 g/mol. The van der Waals surface area contributed by atoms with Gasteiger partial charge in [-0.1, -0.05) is 19.3 Å². The van der Waals surface area contributed by atoms with Crippen LogP contribution in [0.1, 0.15) is 91.4 Å². The lowest BCUT2D eigenvalue weighted by Crippen LogP contribution is -2.51. The molecule has 0 aromatic rings. The van der Waals surface area contributed by atoms with Gasteiger partial charge in [-0.15, -0.1) is 0 Å². The number of hydrogen-bond acceptors (Lipinski definition) is 3. The highest BCUT2D eigenvalue weighted by atomic mass is 16.6.